The summed E-state index contributed by atoms with van der Waals surface area (Å²) in [6.07, 6.45) is 0. The molecule has 0 aromatic rings. The summed E-state index contributed by atoms with van der Waals surface area (Å²) in [6.45, 7) is 11.3. The van der Waals surface area contributed by atoms with Crippen LogP contribution < -0.4 is 5.32 Å². The lowest BCUT2D eigenvalue weighted by Crippen LogP contribution is -2.20. The van der Waals surface area contributed by atoms with E-state index in [2.05, 4.69) is 12.2 Å². The number of ketones is 1. The fourth-order valence-electron chi connectivity index (χ4n) is 0.757. The summed E-state index contributed by atoms with van der Waals surface area (Å²) in [6, 6.07) is 0. The first-order valence-electron chi connectivity index (χ1n) is 5.63. The lowest BCUT2D eigenvalue weighted by Gasteiger charge is -2.04. The van der Waals surface area contributed by atoms with E-state index in [4.69, 9.17) is 9.47 Å². The zero-order valence-corrected chi connectivity index (χ0v) is 10.5. The molecule has 0 aliphatic carbocycles. The molecule has 0 aliphatic rings. The summed E-state index contributed by atoms with van der Waals surface area (Å²) in [5.41, 5.74) is 0. The molecule has 0 saturated carbocycles. The van der Waals surface area contributed by atoms with Crippen LogP contribution in [0.4, 0.5) is 0 Å². The van der Waals surface area contributed by atoms with Gasteiger partial charge in [0.05, 0.1) is 19.8 Å². The topological polar surface area (TPSA) is 47.6 Å². The highest BCUT2D eigenvalue weighted by Crippen LogP contribution is 1.79. The second-order valence-corrected chi connectivity index (χ2v) is 2.72. The smallest absolute Gasteiger partial charge is 0.155 e. The lowest BCUT2D eigenvalue weighted by molar-refractivity contribution is -0.121. The van der Waals surface area contributed by atoms with Gasteiger partial charge in [-0.3, -0.25) is 4.79 Å². The average molecular weight is 219 g/mol. The quantitative estimate of drug-likeness (QED) is 0.593. The van der Waals surface area contributed by atoms with Crippen LogP contribution >= 0.6 is 0 Å². The number of hydrogen-bond acceptors (Lipinski definition) is 4. The highest BCUT2D eigenvalue weighted by molar-refractivity contribution is 5.76. The molecular formula is C11H25NO3. The Bertz CT molecular complexity index is 129. The van der Waals surface area contributed by atoms with Gasteiger partial charge >= 0.3 is 0 Å². The van der Waals surface area contributed by atoms with Crippen LogP contribution in [0.15, 0.2) is 0 Å². The van der Waals surface area contributed by atoms with Gasteiger partial charge in [0.2, 0.25) is 0 Å². The van der Waals surface area contributed by atoms with E-state index in [0.29, 0.717) is 19.8 Å². The van der Waals surface area contributed by atoms with Crippen LogP contribution in [0.1, 0.15) is 27.7 Å². The number of carbonyl (C=O) groups excluding carboxylic acids is 1. The van der Waals surface area contributed by atoms with Crippen molar-refractivity contribution in [3.8, 4) is 0 Å². The van der Waals surface area contributed by atoms with E-state index in [1.54, 1.807) is 0 Å². The Kier molecular flexibility index (Phi) is 18.1. The zero-order chi connectivity index (χ0) is 11.9. The van der Waals surface area contributed by atoms with Crippen LogP contribution in [0, 0.1) is 0 Å². The van der Waals surface area contributed by atoms with Gasteiger partial charge in [-0.05, 0) is 13.5 Å². The third kappa shape index (κ3) is 19.8. The predicted molar refractivity (Wildman–Crippen MR) is 62.2 cm³/mol. The maximum atomic E-state index is 10.4. The summed E-state index contributed by atoms with van der Waals surface area (Å²) in [7, 11) is 0. The first-order valence-corrected chi connectivity index (χ1v) is 5.63. The molecular weight excluding hydrogens is 194 g/mol. The van der Waals surface area contributed by atoms with E-state index in [-0.39, 0.29) is 12.4 Å². The minimum atomic E-state index is 0.0487. The van der Waals surface area contributed by atoms with Crippen LogP contribution in [0.25, 0.3) is 0 Å². The summed E-state index contributed by atoms with van der Waals surface area (Å²) in [5.74, 6) is 0.0487. The highest BCUT2D eigenvalue weighted by atomic mass is 16.5. The molecule has 0 heterocycles. The van der Waals surface area contributed by atoms with Gasteiger partial charge in [0.25, 0.3) is 0 Å². The summed E-state index contributed by atoms with van der Waals surface area (Å²) in [5, 5.41) is 3.14. The van der Waals surface area contributed by atoms with Crippen LogP contribution in [-0.2, 0) is 14.3 Å². The van der Waals surface area contributed by atoms with Crippen LogP contribution in [0.3, 0.4) is 0 Å². The monoisotopic (exact) mass is 219 g/mol. The van der Waals surface area contributed by atoms with Crippen LogP contribution in [0.2, 0.25) is 0 Å². The molecule has 15 heavy (non-hydrogen) atoms. The van der Waals surface area contributed by atoms with E-state index >= 15 is 0 Å². The van der Waals surface area contributed by atoms with Crippen LogP contribution in [0.5, 0.6) is 0 Å². The normalized spacial score (nSPS) is 9.33. The maximum absolute atomic E-state index is 10.4. The van der Waals surface area contributed by atoms with Crippen molar-refractivity contribution in [3.63, 3.8) is 0 Å². The summed E-state index contributed by atoms with van der Waals surface area (Å²) >= 11 is 0. The molecule has 0 fully saturated rings. The number of rotatable bonds is 9. The van der Waals surface area contributed by atoms with Gasteiger partial charge in [-0.2, -0.15) is 0 Å². The number of likely N-dealkylation sites (N-methyl/N-ethyl adjacent to an activating group) is 1. The van der Waals surface area contributed by atoms with Gasteiger partial charge < -0.3 is 14.8 Å². The fraction of sp³-hybridized carbons (Fsp3) is 0.909. The average Bonchev–Trinajstić information content (AvgIpc) is 2.24. The molecule has 0 unspecified atom stereocenters. The minimum Gasteiger partial charge on any atom is -0.378 e. The summed E-state index contributed by atoms with van der Waals surface area (Å²) < 4.78 is 10.2. The second kappa shape index (κ2) is 16.0. The molecule has 0 radical (unpaired) electrons. The van der Waals surface area contributed by atoms with Gasteiger partial charge in [0, 0.05) is 6.54 Å². The van der Waals surface area contributed by atoms with Crippen molar-refractivity contribution < 1.29 is 14.3 Å². The van der Waals surface area contributed by atoms with Gasteiger partial charge in [-0.15, -0.1) is 0 Å². The molecule has 0 saturated heterocycles. The van der Waals surface area contributed by atoms with Crippen molar-refractivity contribution in [2.24, 2.45) is 0 Å². The third-order valence-corrected chi connectivity index (χ3v) is 1.35. The first kappa shape index (κ1) is 17.0. The Morgan fingerprint density at radius 2 is 1.73 bits per heavy atom. The van der Waals surface area contributed by atoms with Crippen molar-refractivity contribution in [2.45, 2.75) is 27.7 Å². The number of Topliss-reactive ketones (excluding diaryl/α,β-unsaturated/α-hetero) is 1. The number of carbonyl (C=O) groups is 1. The molecule has 0 atom stereocenters. The molecule has 4 nitrogen and oxygen atoms in total. The Labute approximate surface area is 93.3 Å². The highest BCUT2D eigenvalue weighted by Gasteiger charge is 1.92. The molecule has 0 bridgehead atoms. The Morgan fingerprint density at radius 3 is 2.27 bits per heavy atom. The first-order chi connectivity index (χ1) is 7.27. The van der Waals surface area contributed by atoms with Crippen molar-refractivity contribution in [3.05, 3.63) is 0 Å². The van der Waals surface area contributed by atoms with Gasteiger partial charge in [-0.25, -0.2) is 0 Å². The van der Waals surface area contributed by atoms with E-state index in [1.807, 2.05) is 13.8 Å². The van der Waals surface area contributed by atoms with E-state index in [1.165, 1.54) is 6.92 Å². The summed E-state index contributed by atoms with van der Waals surface area (Å²) in [4.78, 5) is 10.4. The van der Waals surface area contributed by atoms with E-state index in [0.717, 1.165) is 13.1 Å². The molecule has 0 amide bonds. The lowest BCUT2D eigenvalue weighted by atomic mass is 10.5. The molecule has 0 aromatic carbocycles. The molecule has 0 aliphatic heterocycles. The van der Waals surface area contributed by atoms with Crippen molar-refractivity contribution in [2.75, 3.05) is 39.5 Å². The largest absolute Gasteiger partial charge is 0.378 e. The van der Waals surface area contributed by atoms with Crippen molar-refractivity contribution in [1.29, 1.82) is 0 Å². The molecule has 92 valence electrons. The van der Waals surface area contributed by atoms with Crippen molar-refractivity contribution >= 4 is 5.78 Å². The maximum Gasteiger partial charge on any atom is 0.155 e. The van der Waals surface area contributed by atoms with E-state index in [9.17, 15) is 4.79 Å². The molecule has 0 aromatic heterocycles. The molecule has 1 N–H and O–H groups in total. The Balaban J connectivity index is 0. The van der Waals surface area contributed by atoms with Gasteiger partial charge in [0.15, 0.2) is 5.78 Å². The Hall–Kier alpha value is -0.450. The molecule has 4 heteroatoms. The number of ether oxygens (including phenoxy) is 2. The van der Waals surface area contributed by atoms with Gasteiger partial charge in [-0.1, -0.05) is 20.8 Å². The zero-order valence-electron chi connectivity index (χ0n) is 10.5. The van der Waals surface area contributed by atoms with Crippen molar-refractivity contribution in [1.82, 2.24) is 5.32 Å². The fourth-order valence-corrected chi connectivity index (χ4v) is 0.757. The second-order valence-electron chi connectivity index (χ2n) is 2.72. The minimum absolute atomic E-state index is 0.0487. The van der Waals surface area contributed by atoms with Crippen LogP contribution in [-0.4, -0.2) is 45.3 Å². The number of hydrogen-bond donors (Lipinski definition) is 1. The third-order valence-electron chi connectivity index (χ3n) is 1.35. The Morgan fingerprint density at radius 1 is 1.13 bits per heavy atom. The van der Waals surface area contributed by atoms with E-state index < -0.39 is 0 Å². The standard InChI is InChI=1S/C9H19NO3.C2H6/c1-3-10-4-5-12-6-7-13-8-9(2)11;1-2/h10H,3-8H2,1-2H3;1-2H3. The SMILES string of the molecule is CC.CCNCCOCCOCC(C)=O. The molecule has 0 rings (SSSR count). The predicted octanol–water partition coefficient (Wildman–Crippen LogP) is 1.24. The van der Waals surface area contributed by atoms with Gasteiger partial charge in [0.1, 0.15) is 6.61 Å². The number of nitrogens with one attached hydrogen (secondary N) is 1. The molecule has 0 spiro atoms.